The lowest BCUT2D eigenvalue weighted by molar-refractivity contribution is -0.116. The van der Waals surface area contributed by atoms with Gasteiger partial charge in [0.05, 0.1) is 0 Å². The quantitative estimate of drug-likeness (QED) is 0.680. The fourth-order valence-corrected chi connectivity index (χ4v) is 2.59. The number of hydrogen-bond acceptors (Lipinski definition) is 1. The Hall–Kier alpha value is -0.780. The molecule has 0 saturated carbocycles. The first-order chi connectivity index (χ1) is 9.54. The summed E-state index contributed by atoms with van der Waals surface area (Å²) in [5, 5.41) is 4.05. The van der Waals surface area contributed by atoms with E-state index in [1.54, 1.807) is 12.1 Å². The molecule has 2 rings (SSSR count). The van der Waals surface area contributed by atoms with E-state index in [1.807, 2.05) is 30.3 Å². The molecule has 20 heavy (non-hydrogen) atoms. The van der Waals surface area contributed by atoms with Crippen molar-refractivity contribution in [1.29, 1.82) is 0 Å². The minimum atomic E-state index is -0.0303. The van der Waals surface area contributed by atoms with Gasteiger partial charge in [-0.05, 0) is 71.0 Å². The van der Waals surface area contributed by atoms with Gasteiger partial charge in [0.15, 0.2) is 0 Å². The van der Waals surface area contributed by atoms with Gasteiger partial charge in [-0.25, -0.2) is 0 Å². The highest BCUT2D eigenvalue weighted by Gasteiger charge is 2.06. The second-order valence-electron chi connectivity index (χ2n) is 4.29. The van der Waals surface area contributed by atoms with Crippen molar-refractivity contribution in [3.63, 3.8) is 0 Å². The van der Waals surface area contributed by atoms with Crippen molar-refractivity contribution in [2.75, 3.05) is 5.32 Å². The Labute approximate surface area is 141 Å². The van der Waals surface area contributed by atoms with Crippen LogP contribution in [0.1, 0.15) is 12.0 Å². The van der Waals surface area contributed by atoms with Crippen molar-refractivity contribution in [2.24, 2.45) is 0 Å². The molecule has 0 aromatic heterocycles. The van der Waals surface area contributed by atoms with Crippen LogP contribution in [-0.2, 0) is 11.2 Å². The van der Waals surface area contributed by atoms with Crippen molar-refractivity contribution in [2.45, 2.75) is 12.8 Å². The van der Waals surface area contributed by atoms with Gasteiger partial charge in [-0.1, -0.05) is 29.3 Å². The maximum Gasteiger partial charge on any atom is 0.224 e. The van der Waals surface area contributed by atoms with Gasteiger partial charge < -0.3 is 5.32 Å². The Morgan fingerprint density at radius 3 is 2.45 bits per heavy atom. The fraction of sp³-hybridized carbons (Fsp3) is 0.133. The zero-order valence-corrected chi connectivity index (χ0v) is 14.2. The highest BCUT2D eigenvalue weighted by Crippen LogP contribution is 2.22. The Bertz CT molecular complexity index is 614. The third-order valence-electron chi connectivity index (χ3n) is 2.76. The van der Waals surface area contributed by atoms with Gasteiger partial charge in [0.25, 0.3) is 0 Å². The molecule has 0 aliphatic rings. The molecular weight excluding hydrogens is 408 g/mol. The topological polar surface area (TPSA) is 29.1 Å². The molecule has 0 spiro atoms. The third-order valence-corrected chi connectivity index (χ3v) is 4.07. The summed E-state index contributed by atoms with van der Waals surface area (Å²) < 4.78 is 1.13. The summed E-state index contributed by atoms with van der Waals surface area (Å²) in [6.07, 6.45) is 0.972. The van der Waals surface area contributed by atoms with Crippen molar-refractivity contribution >= 4 is 57.4 Å². The average Bonchev–Trinajstić information content (AvgIpc) is 2.40. The van der Waals surface area contributed by atoms with Crippen LogP contribution < -0.4 is 5.32 Å². The molecule has 2 aromatic carbocycles. The summed E-state index contributed by atoms with van der Waals surface area (Å²) in [4.78, 5) is 11.9. The maximum atomic E-state index is 11.9. The summed E-state index contributed by atoms with van der Waals surface area (Å²) >= 11 is 14.1. The van der Waals surface area contributed by atoms with Crippen LogP contribution in [0.5, 0.6) is 0 Å². The van der Waals surface area contributed by atoms with E-state index in [-0.39, 0.29) is 5.91 Å². The number of benzene rings is 2. The number of amides is 1. The van der Waals surface area contributed by atoms with Gasteiger partial charge in [-0.3, -0.25) is 4.79 Å². The minimum absolute atomic E-state index is 0.0303. The normalized spacial score (nSPS) is 10.3. The highest BCUT2D eigenvalue weighted by molar-refractivity contribution is 14.1. The summed E-state index contributed by atoms with van der Waals surface area (Å²) in [6, 6.07) is 13.0. The van der Waals surface area contributed by atoms with E-state index in [1.165, 1.54) is 0 Å². The van der Waals surface area contributed by atoms with Crippen LogP contribution in [-0.4, -0.2) is 5.91 Å². The number of anilines is 1. The lowest BCUT2D eigenvalue weighted by Gasteiger charge is -2.07. The van der Waals surface area contributed by atoms with Crippen LogP contribution in [0.2, 0.25) is 10.0 Å². The molecule has 1 N–H and O–H groups in total. The van der Waals surface area contributed by atoms with E-state index in [9.17, 15) is 4.79 Å². The predicted octanol–water partition coefficient (Wildman–Crippen LogP) is 5.17. The lowest BCUT2D eigenvalue weighted by Crippen LogP contribution is -2.12. The average molecular weight is 420 g/mol. The molecule has 1 amide bonds. The van der Waals surface area contributed by atoms with E-state index >= 15 is 0 Å². The molecule has 0 aliphatic carbocycles. The van der Waals surface area contributed by atoms with E-state index in [0.29, 0.717) is 22.9 Å². The van der Waals surface area contributed by atoms with Crippen molar-refractivity contribution < 1.29 is 4.79 Å². The molecule has 0 saturated heterocycles. The third kappa shape index (κ3) is 4.65. The zero-order chi connectivity index (χ0) is 14.5. The molecule has 104 valence electrons. The number of carbonyl (C=O) groups excluding carboxylic acids is 1. The number of aryl methyl sites for hydroxylation is 1. The van der Waals surface area contributed by atoms with Gasteiger partial charge >= 0.3 is 0 Å². The number of halogens is 3. The van der Waals surface area contributed by atoms with E-state index < -0.39 is 0 Å². The molecular formula is C15H12Cl2INO. The van der Waals surface area contributed by atoms with Crippen LogP contribution in [0.4, 0.5) is 5.69 Å². The first-order valence-electron chi connectivity index (χ1n) is 6.04. The van der Waals surface area contributed by atoms with Crippen molar-refractivity contribution in [3.05, 3.63) is 61.6 Å². The molecule has 5 heteroatoms. The van der Waals surface area contributed by atoms with Crippen molar-refractivity contribution in [3.8, 4) is 0 Å². The minimum Gasteiger partial charge on any atom is -0.326 e. The molecule has 2 nitrogen and oxygen atoms in total. The highest BCUT2D eigenvalue weighted by atomic mass is 127. The zero-order valence-electron chi connectivity index (χ0n) is 10.5. The molecule has 0 heterocycles. The van der Waals surface area contributed by atoms with Crippen LogP contribution in [0, 0.1) is 3.57 Å². The summed E-state index contributed by atoms with van der Waals surface area (Å²) in [6.45, 7) is 0. The summed E-state index contributed by atoms with van der Waals surface area (Å²) in [7, 11) is 0. The Morgan fingerprint density at radius 1 is 1.10 bits per heavy atom. The fourth-order valence-electron chi connectivity index (χ4n) is 1.73. The second-order valence-corrected chi connectivity index (χ2v) is 6.38. The predicted molar refractivity (Wildman–Crippen MR) is 92.6 cm³/mol. The molecule has 0 aliphatic heterocycles. The molecule has 0 bridgehead atoms. The van der Waals surface area contributed by atoms with Crippen LogP contribution in [0.25, 0.3) is 0 Å². The monoisotopic (exact) mass is 419 g/mol. The molecule has 2 aromatic rings. The Kier molecular flexibility index (Phi) is 5.69. The van der Waals surface area contributed by atoms with E-state index in [4.69, 9.17) is 23.2 Å². The Balaban J connectivity index is 1.90. The molecule has 0 radical (unpaired) electrons. The number of carbonyl (C=O) groups is 1. The first kappa shape index (κ1) is 15.6. The number of rotatable bonds is 4. The van der Waals surface area contributed by atoms with E-state index in [0.717, 1.165) is 14.8 Å². The van der Waals surface area contributed by atoms with Crippen LogP contribution in [0.3, 0.4) is 0 Å². The molecule has 0 unspecified atom stereocenters. The largest absolute Gasteiger partial charge is 0.326 e. The number of hydrogen-bond donors (Lipinski definition) is 1. The van der Waals surface area contributed by atoms with Gasteiger partial charge in [-0.2, -0.15) is 0 Å². The van der Waals surface area contributed by atoms with E-state index in [2.05, 4.69) is 27.9 Å². The summed E-state index contributed by atoms with van der Waals surface area (Å²) in [5.41, 5.74) is 1.73. The SMILES string of the molecule is O=C(CCc1ccc(Cl)cc1Cl)Nc1ccc(I)cc1. The lowest BCUT2D eigenvalue weighted by atomic mass is 10.1. The van der Waals surface area contributed by atoms with Crippen molar-refractivity contribution in [1.82, 2.24) is 0 Å². The summed E-state index contributed by atoms with van der Waals surface area (Å²) in [5.74, 6) is -0.0303. The van der Waals surface area contributed by atoms with Crippen LogP contribution >= 0.6 is 45.8 Å². The standard InChI is InChI=1S/C15H12Cl2INO/c16-11-3-1-10(14(17)9-11)2-8-15(20)19-13-6-4-12(18)5-7-13/h1,3-7,9H,2,8H2,(H,19,20). The Morgan fingerprint density at radius 2 is 1.80 bits per heavy atom. The molecule has 0 atom stereocenters. The maximum absolute atomic E-state index is 11.9. The van der Waals surface area contributed by atoms with Crippen LogP contribution in [0.15, 0.2) is 42.5 Å². The molecule has 0 fully saturated rings. The van der Waals surface area contributed by atoms with Gasteiger partial charge in [-0.15, -0.1) is 0 Å². The van der Waals surface area contributed by atoms with Gasteiger partial charge in [0.2, 0.25) is 5.91 Å². The number of nitrogens with one attached hydrogen (secondary N) is 1. The van der Waals surface area contributed by atoms with Gasteiger partial charge in [0.1, 0.15) is 0 Å². The van der Waals surface area contributed by atoms with Gasteiger partial charge in [0, 0.05) is 25.7 Å². The smallest absolute Gasteiger partial charge is 0.224 e. The second kappa shape index (κ2) is 7.29. The first-order valence-corrected chi connectivity index (χ1v) is 7.87.